The van der Waals surface area contributed by atoms with Crippen LogP contribution in [0.1, 0.15) is 5.56 Å². The highest BCUT2D eigenvalue weighted by atomic mass is 32.2. The van der Waals surface area contributed by atoms with E-state index in [-0.39, 0.29) is 21.7 Å². The molecule has 3 rings (SSSR count). The number of phenols is 1. The fourth-order valence-corrected chi connectivity index (χ4v) is 4.35. The Labute approximate surface area is 185 Å². The Kier molecular flexibility index (Phi) is 6.13. The molecule has 2 radical (unpaired) electrons. The van der Waals surface area contributed by atoms with Crippen molar-refractivity contribution in [3.63, 3.8) is 0 Å². The minimum Gasteiger partial charge on any atom is -0.505 e. The van der Waals surface area contributed by atoms with Crippen LogP contribution in [0.4, 0.5) is 17.1 Å². The molecule has 0 saturated carbocycles. The summed E-state index contributed by atoms with van der Waals surface area (Å²) < 4.78 is 62.2. The molecule has 3 N–H and O–H groups in total. The van der Waals surface area contributed by atoms with Crippen molar-refractivity contribution in [1.29, 1.82) is 0 Å². The maximum atomic E-state index is 12.0. The maximum absolute atomic E-state index is 12.0. The summed E-state index contributed by atoms with van der Waals surface area (Å²) in [5.74, 6) is -0.439. The van der Waals surface area contributed by atoms with Gasteiger partial charge in [0.15, 0.2) is 15.6 Å². The van der Waals surface area contributed by atoms with Gasteiger partial charge in [0.2, 0.25) is 0 Å². The molecule has 0 amide bonds. The van der Waals surface area contributed by atoms with Gasteiger partial charge >= 0.3 is 0 Å². The molecule has 168 valence electrons. The van der Waals surface area contributed by atoms with Gasteiger partial charge in [-0.1, -0.05) is 6.07 Å². The standard InChI is InChI=1S/C20H19N3O7S2/c1-11-7-12-9-17(32(27,28)29)19(20(24)18(12)15(8-11)21-2)23-22-14-10-13(31(4,25)26)5-6-16(14)30-3/h4-10,21,24H,1-3H3,(H,27,28,29). The quantitative estimate of drug-likeness (QED) is 0.355. The third-order valence-corrected chi connectivity index (χ3v) is 6.36. The second-order valence-electron chi connectivity index (χ2n) is 6.79. The van der Waals surface area contributed by atoms with Crippen LogP contribution in [-0.2, 0) is 20.0 Å². The minimum absolute atomic E-state index is 0.0995. The van der Waals surface area contributed by atoms with Crippen LogP contribution < -0.4 is 10.1 Å². The summed E-state index contributed by atoms with van der Waals surface area (Å²) >= 11 is 0. The van der Waals surface area contributed by atoms with Crippen LogP contribution in [0, 0.1) is 13.2 Å². The number of rotatable bonds is 6. The molecule has 0 aliphatic rings. The number of nitrogens with one attached hydrogen (secondary N) is 1. The van der Waals surface area contributed by atoms with Gasteiger partial charge in [0.1, 0.15) is 28.3 Å². The van der Waals surface area contributed by atoms with Gasteiger partial charge in [0.25, 0.3) is 10.1 Å². The number of methoxy groups -OCH3 is 1. The van der Waals surface area contributed by atoms with E-state index in [1.807, 2.05) is 0 Å². The van der Waals surface area contributed by atoms with Gasteiger partial charge in [-0.25, -0.2) is 8.42 Å². The number of aryl methyl sites for hydroxylation is 1. The number of benzene rings is 3. The first-order valence-electron chi connectivity index (χ1n) is 8.95. The summed E-state index contributed by atoms with van der Waals surface area (Å²) in [6.45, 7) is 1.78. The third kappa shape index (κ3) is 4.52. The lowest BCUT2D eigenvalue weighted by atomic mass is 10.0. The minimum atomic E-state index is -4.81. The number of anilines is 1. The number of nitrogens with zero attached hydrogens (tertiary/aromatic N) is 2. The highest BCUT2D eigenvalue weighted by Gasteiger charge is 2.24. The molecule has 0 aromatic heterocycles. The van der Waals surface area contributed by atoms with Crippen LogP contribution in [0.5, 0.6) is 11.5 Å². The molecule has 10 nitrogen and oxygen atoms in total. The SMILES string of the molecule is [CH]S(=O)(=O)c1ccc(OC)c(N=Nc2c(S(=O)(=O)O)cc3cc(C)cc(NC)c3c2O)c1. The molecule has 0 unspecified atom stereocenters. The zero-order valence-corrected chi connectivity index (χ0v) is 18.8. The molecule has 3 aromatic rings. The summed E-state index contributed by atoms with van der Waals surface area (Å²) in [4.78, 5) is -0.960. The van der Waals surface area contributed by atoms with Crippen LogP contribution in [0.3, 0.4) is 0 Å². The van der Waals surface area contributed by atoms with Gasteiger partial charge in [0.05, 0.1) is 12.0 Å². The number of phenolic OH excluding ortho intramolecular Hbond substituents is 1. The van der Waals surface area contributed by atoms with Crippen LogP contribution in [0.25, 0.3) is 10.8 Å². The number of fused-ring (bicyclic) bond motifs is 1. The van der Waals surface area contributed by atoms with Gasteiger partial charge in [-0.3, -0.25) is 4.55 Å². The highest BCUT2D eigenvalue weighted by Crippen LogP contribution is 2.45. The van der Waals surface area contributed by atoms with Crippen LogP contribution in [-0.4, -0.2) is 40.7 Å². The molecule has 3 aromatic carbocycles. The fourth-order valence-electron chi connectivity index (χ4n) is 3.16. The molecule has 0 fully saturated rings. The number of sulfone groups is 1. The zero-order chi connectivity index (χ0) is 23.8. The number of ether oxygens (including phenoxy) is 1. The second-order valence-corrected chi connectivity index (χ2v) is 9.74. The van der Waals surface area contributed by atoms with Gasteiger partial charge < -0.3 is 15.2 Å². The van der Waals surface area contributed by atoms with Crippen molar-refractivity contribution in [2.45, 2.75) is 16.7 Å². The smallest absolute Gasteiger partial charge is 0.296 e. The Hall–Kier alpha value is -3.22. The zero-order valence-electron chi connectivity index (χ0n) is 17.2. The lowest BCUT2D eigenvalue weighted by Gasteiger charge is -2.13. The summed E-state index contributed by atoms with van der Waals surface area (Å²) in [6, 6.07) is 8.08. The van der Waals surface area contributed by atoms with Crippen LogP contribution >= 0.6 is 0 Å². The number of hydrogen-bond donors (Lipinski definition) is 3. The average Bonchev–Trinajstić information content (AvgIpc) is 2.70. The third-order valence-electron chi connectivity index (χ3n) is 4.58. The van der Waals surface area contributed by atoms with Gasteiger partial charge in [0, 0.05) is 18.1 Å². The Balaban J connectivity index is 2.33. The first-order chi connectivity index (χ1) is 14.9. The summed E-state index contributed by atoms with van der Waals surface area (Å²) in [5, 5.41) is 22.0. The van der Waals surface area contributed by atoms with Crippen molar-refractivity contribution in [3.8, 4) is 11.5 Å². The monoisotopic (exact) mass is 477 g/mol. The number of hydrogen-bond acceptors (Lipinski definition) is 9. The van der Waals surface area contributed by atoms with E-state index in [0.717, 1.165) is 17.7 Å². The van der Waals surface area contributed by atoms with E-state index in [2.05, 4.69) is 15.5 Å². The molecule has 0 spiro atoms. The fraction of sp³-hybridized carbons (Fsp3) is 0.150. The van der Waals surface area contributed by atoms with Gasteiger partial charge in [-0.05, 0) is 48.2 Å². The molecule has 32 heavy (non-hydrogen) atoms. The molecular weight excluding hydrogens is 458 g/mol. The van der Waals surface area contributed by atoms with Crippen molar-refractivity contribution in [1.82, 2.24) is 0 Å². The molecule has 0 aliphatic carbocycles. The Morgan fingerprint density at radius 3 is 2.31 bits per heavy atom. The van der Waals surface area contributed by atoms with E-state index in [0.29, 0.717) is 11.1 Å². The lowest BCUT2D eigenvalue weighted by molar-refractivity contribution is 0.415. The molecule has 0 atom stereocenters. The number of aromatic hydroxyl groups is 1. The van der Waals surface area contributed by atoms with E-state index in [9.17, 15) is 26.5 Å². The molecular formula is C20H19N3O7S2. The van der Waals surface area contributed by atoms with Crippen molar-refractivity contribution >= 4 is 47.8 Å². The molecule has 12 heteroatoms. The molecule has 0 saturated heterocycles. The first kappa shape index (κ1) is 23.4. The average molecular weight is 478 g/mol. The molecule has 0 aliphatic heterocycles. The van der Waals surface area contributed by atoms with E-state index in [1.54, 1.807) is 26.1 Å². The Morgan fingerprint density at radius 2 is 1.75 bits per heavy atom. The Morgan fingerprint density at radius 1 is 1.06 bits per heavy atom. The largest absolute Gasteiger partial charge is 0.505 e. The molecule has 0 heterocycles. The number of azo groups is 1. The van der Waals surface area contributed by atoms with Gasteiger partial charge in [-0.2, -0.15) is 8.42 Å². The van der Waals surface area contributed by atoms with E-state index in [4.69, 9.17) is 11.0 Å². The summed E-state index contributed by atoms with van der Waals surface area (Å²) in [6.07, 6.45) is 5.14. The van der Waals surface area contributed by atoms with E-state index >= 15 is 0 Å². The predicted octanol–water partition coefficient (Wildman–Crippen LogP) is 4.01. The highest BCUT2D eigenvalue weighted by molar-refractivity contribution is 7.92. The predicted molar refractivity (Wildman–Crippen MR) is 118 cm³/mol. The van der Waals surface area contributed by atoms with Crippen LogP contribution in [0.15, 0.2) is 56.4 Å². The van der Waals surface area contributed by atoms with Crippen molar-refractivity contribution in [2.24, 2.45) is 10.2 Å². The summed E-state index contributed by atoms with van der Waals surface area (Å²) in [5.41, 5.74) is 0.632. The van der Waals surface area contributed by atoms with E-state index in [1.165, 1.54) is 19.2 Å². The normalized spacial score (nSPS) is 12.4. The first-order valence-corrected chi connectivity index (χ1v) is 11.9. The van der Waals surface area contributed by atoms with Crippen molar-refractivity contribution in [3.05, 3.63) is 48.2 Å². The topological polar surface area (TPSA) is 155 Å². The van der Waals surface area contributed by atoms with Crippen molar-refractivity contribution in [2.75, 3.05) is 19.5 Å². The maximum Gasteiger partial charge on any atom is 0.296 e. The van der Waals surface area contributed by atoms with Gasteiger partial charge in [-0.15, -0.1) is 10.2 Å². The van der Waals surface area contributed by atoms with Crippen LogP contribution in [0.2, 0.25) is 0 Å². The molecule has 0 bridgehead atoms. The summed E-state index contributed by atoms with van der Waals surface area (Å²) in [7, 11) is -5.95. The lowest BCUT2D eigenvalue weighted by Crippen LogP contribution is -2.00. The van der Waals surface area contributed by atoms with E-state index < -0.39 is 36.3 Å². The Bertz CT molecular complexity index is 1460. The van der Waals surface area contributed by atoms with Crippen molar-refractivity contribution < 1.29 is 31.2 Å². The second kappa shape index (κ2) is 8.37.